The Balaban J connectivity index is 1.86. The maximum atomic E-state index is 9.36. The van der Waals surface area contributed by atoms with Crippen LogP contribution in [0.1, 0.15) is 38.2 Å². The highest BCUT2D eigenvalue weighted by atomic mass is 32.2. The molecule has 1 aliphatic carbocycles. The zero-order valence-corrected chi connectivity index (χ0v) is 11.2. The Bertz CT molecular complexity index is 380. The first kappa shape index (κ1) is 12.6. The Labute approximate surface area is 108 Å². The molecule has 0 aromatic heterocycles. The number of nitrogens with two attached hydrogens (primary N) is 1. The molecule has 0 spiro atoms. The molecule has 2 nitrogen and oxygen atoms in total. The summed E-state index contributed by atoms with van der Waals surface area (Å²) in [5.41, 5.74) is 7.39. The van der Waals surface area contributed by atoms with Gasteiger partial charge in [0.2, 0.25) is 0 Å². The highest BCUT2D eigenvalue weighted by Gasteiger charge is 2.18. The molecule has 2 rings (SSSR count). The molecule has 1 aromatic carbocycles. The fraction of sp³-hybridized carbons (Fsp3) is 0.571. The molecule has 17 heavy (non-hydrogen) atoms. The summed E-state index contributed by atoms with van der Waals surface area (Å²) in [5.74, 6) is 2.07. The number of rotatable bonds is 3. The van der Waals surface area contributed by atoms with Gasteiger partial charge in [0.1, 0.15) is 5.75 Å². The first-order chi connectivity index (χ1) is 8.15. The number of nitrogen functional groups attached to an aromatic ring is 1. The summed E-state index contributed by atoms with van der Waals surface area (Å²) >= 11 is 2.03. The highest BCUT2D eigenvalue weighted by molar-refractivity contribution is 7.99. The van der Waals surface area contributed by atoms with Crippen molar-refractivity contribution in [1.29, 1.82) is 0 Å². The Morgan fingerprint density at radius 1 is 1.41 bits per heavy atom. The molecule has 1 fully saturated rings. The minimum atomic E-state index is 0.185. The fourth-order valence-corrected chi connectivity index (χ4v) is 3.84. The van der Waals surface area contributed by atoms with Crippen LogP contribution in [0.3, 0.4) is 0 Å². The van der Waals surface area contributed by atoms with Crippen LogP contribution in [-0.2, 0) is 5.75 Å². The lowest BCUT2D eigenvalue weighted by molar-refractivity contribution is 0.394. The van der Waals surface area contributed by atoms with Gasteiger partial charge < -0.3 is 10.8 Å². The molecule has 1 saturated carbocycles. The van der Waals surface area contributed by atoms with Crippen molar-refractivity contribution in [2.75, 3.05) is 5.73 Å². The van der Waals surface area contributed by atoms with Crippen molar-refractivity contribution in [2.24, 2.45) is 5.92 Å². The Morgan fingerprint density at radius 3 is 2.94 bits per heavy atom. The second-order valence-corrected chi connectivity index (χ2v) is 6.39. The van der Waals surface area contributed by atoms with Crippen LogP contribution in [0.25, 0.3) is 0 Å². The summed E-state index contributed by atoms with van der Waals surface area (Å²) in [6.45, 7) is 2.35. The summed E-state index contributed by atoms with van der Waals surface area (Å²) in [6, 6.07) is 5.54. The first-order valence-electron chi connectivity index (χ1n) is 6.34. The molecule has 2 unspecified atom stereocenters. The van der Waals surface area contributed by atoms with Crippen molar-refractivity contribution in [3.8, 4) is 5.75 Å². The van der Waals surface area contributed by atoms with E-state index in [1.807, 2.05) is 23.9 Å². The monoisotopic (exact) mass is 251 g/mol. The van der Waals surface area contributed by atoms with Crippen molar-refractivity contribution in [3.63, 3.8) is 0 Å². The zero-order valence-electron chi connectivity index (χ0n) is 10.4. The molecule has 3 N–H and O–H groups in total. The van der Waals surface area contributed by atoms with Crippen LogP contribution in [0.15, 0.2) is 18.2 Å². The number of thioether (sulfide) groups is 1. The maximum Gasteiger partial charge on any atom is 0.138 e. The molecule has 0 aliphatic heterocycles. The van der Waals surface area contributed by atoms with Crippen molar-refractivity contribution < 1.29 is 5.11 Å². The average molecular weight is 251 g/mol. The Kier molecular flexibility index (Phi) is 4.21. The third kappa shape index (κ3) is 3.56. The van der Waals surface area contributed by atoms with Gasteiger partial charge in [0, 0.05) is 11.0 Å². The minimum absolute atomic E-state index is 0.185. The van der Waals surface area contributed by atoms with E-state index in [4.69, 9.17) is 5.73 Å². The second kappa shape index (κ2) is 5.67. The second-order valence-electron chi connectivity index (χ2n) is 5.10. The van der Waals surface area contributed by atoms with Crippen LogP contribution in [-0.4, -0.2) is 10.4 Å². The van der Waals surface area contributed by atoms with E-state index < -0.39 is 0 Å². The van der Waals surface area contributed by atoms with Gasteiger partial charge in [-0.2, -0.15) is 11.8 Å². The lowest BCUT2D eigenvalue weighted by Gasteiger charge is -2.26. The van der Waals surface area contributed by atoms with Gasteiger partial charge in [-0.1, -0.05) is 25.8 Å². The predicted octanol–water partition coefficient (Wildman–Crippen LogP) is 3.79. The first-order valence-corrected chi connectivity index (χ1v) is 7.39. The number of hydrogen-bond donors (Lipinski definition) is 2. The van der Waals surface area contributed by atoms with Gasteiger partial charge >= 0.3 is 0 Å². The standard InChI is InChI=1S/C14H21NOS/c1-10-3-2-4-12(7-10)17-9-11-5-6-14(16)13(15)8-11/h5-6,8,10,12,16H,2-4,7,9,15H2,1H3. The quantitative estimate of drug-likeness (QED) is 0.634. The lowest BCUT2D eigenvalue weighted by Crippen LogP contribution is -2.15. The van der Waals surface area contributed by atoms with Crippen molar-refractivity contribution >= 4 is 17.4 Å². The molecule has 1 aromatic rings. The van der Waals surface area contributed by atoms with Crippen LogP contribution in [0, 0.1) is 5.92 Å². The van der Waals surface area contributed by atoms with Gasteiger partial charge in [-0.05, 0) is 36.5 Å². The number of benzene rings is 1. The van der Waals surface area contributed by atoms with E-state index in [-0.39, 0.29) is 5.75 Å². The van der Waals surface area contributed by atoms with Gasteiger partial charge in [0.15, 0.2) is 0 Å². The molecule has 0 saturated heterocycles. The van der Waals surface area contributed by atoms with E-state index >= 15 is 0 Å². The SMILES string of the molecule is CC1CCCC(SCc2ccc(O)c(N)c2)C1. The van der Waals surface area contributed by atoms with Crippen LogP contribution in [0.2, 0.25) is 0 Å². The fourth-order valence-electron chi connectivity index (χ4n) is 2.44. The largest absolute Gasteiger partial charge is 0.506 e. The molecular formula is C14H21NOS. The van der Waals surface area contributed by atoms with Gasteiger partial charge in [-0.15, -0.1) is 0 Å². The molecule has 0 heterocycles. The van der Waals surface area contributed by atoms with Crippen molar-refractivity contribution in [2.45, 2.75) is 43.6 Å². The normalized spacial score (nSPS) is 24.8. The van der Waals surface area contributed by atoms with Crippen LogP contribution in [0.4, 0.5) is 5.69 Å². The predicted molar refractivity (Wildman–Crippen MR) is 75.2 cm³/mol. The number of aromatic hydroxyl groups is 1. The summed E-state index contributed by atoms with van der Waals surface area (Å²) in [7, 11) is 0. The van der Waals surface area contributed by atoms with E-state index in [1.54, 1.807) is 6.07 Å². The average Bonchev–Trinajstić information content (AvgIpc) is 2.31. The molecule has 0 radical (unpaired) electrons. The van der Waals surface area contributed by atoms with Crippen molar-refractivity contribution in [1.82, 2.24) is 0 Å². The summed E-state index contributed by atoms with van der Waals surface area (Å²) in [5, 5.41) is 10.2. The number of hydrogen-bond acceptors (Lipinski definition) is 3. The summed E-state index contributed by atoms with van der Waals surface area (Å²) in [4.78, 5) is 0. The van der Waals surface area contributed by atoms with E-state index in [1.165, 1.54) is 31.2 Å². The molecule has 1 aliphatic rings. The van der Waals surface area contributed by atoms with Gasteiger partial charge in [-0.3, -0.25) is 0 Å². The van der Waals surface area contributed by atoms with Crippen LogP contribution >= 0.6 is 11.8 Å². The smallest absolute Gasteiger partial charge is 0.138 e. The van der Waals surface area contributed by atoms with Gasteiger partial charge in [-0.25, -0.2) is 0 Å². The highest BCUT2D eigenvalue weighted by Crippen LogP contribution is 2.34. The maximum absolute atomic E-state index is 9.36. The minimum Gasteiger partial charge on any atom is -0.506 e. The molecule has 0 bridgehead atoms. The number of anilines is 1. The van der Waals surface area contributed by atoms with E-state index in [0.29, 0.717) is 5.69 Å². The third-order valence-corrected chi connectivity index (χ3v) is 4.87. The van der Waals surface area contributed by atoms with E-state index in [0.717, 1.165) is 16.9 Å². The van der Waals surface area contributed by atoms with E-state index in [2.05, 4.69) is 6.92 Å². The summed E-state index contributed by atoms with van der Waals surface area (Å²) < 4.78 is 0. The summed E-state index contributed by atoms with van der Waals surface area (Å²) in [6.07, 6.45) is 5.46. The molecule has 94 valence electrons. The lowest BCUT2D eigenvalue weighted by atomic mass is 9.91. The van der Waals surface area contributed by atoms with Gasteiger partial charge in [0.05, 0.1) is 5.69 Å². The van der Waals surface area contributed by atoms with Gasteiger partial charge in [0.25, 0.3) is 0 Å². The van der Waals surface area contributed by atoms with Crippen LogP contribution < -0.4 is 5.73 Å². The topological polar surface area (TPSA) is 46.2 Å². The Hall–Kier alpha value is -0.830. The third-order valence-electron chi connectivity index (χ3n) is 3.47. The molecule has 2 atom stereocenters. The van der Waals surface area contributed by atoms with E-state index in [9.17, 15) is 5.11 Å². The Morgan fingerprint density at radius 2 is 2.24 bits per heavy atom. The van der Waals surface area contributed by atoms with Crippen LogP contribution in [0.5, 0.6) is 5.75 Å². The number of phenolic OH excluding ortho intramolecular Hbond substituents is 1. The van der Waals surface area contributed by atoms with Crippen molar-refractivity contribution in [3.05, 3.63) is 23.8 Å². The molecule has 0 amide bonds. The molecule has 3 heteroatoms. The number of phenols is 1. The molecular weight excluding hydrogens is 230 g/mol. The zero-order chi connectivity index (χ0) is 12.3.